The van der Waals surface area contributed by atoms with Crippen LogP contribution in [0.4, 0.5) is 0 Å². The fraction of sp³-hybridized carbons (Fsp3) is 0.294. The van der Waals surface area contributed by atoms with Crippen LogP contribution in [0.1, 0.15) is 47.5 Å². The maximum absolute atomic E-state index is 12.3. The molecule has 0 atom stereocenters. The summed E-state index contributed by atoms with van der Waals surface area (Å²) in [6, 6.07) is 7.05. The number of carbonyl (C=O) groups is 1. The van der Waals surface area contributed by atoms with Crippen molar-refractivity contribution in [2.45, 2.75) is 33.3 Å². The predicted molar refractivity (Wildman–Crippen MR) is 89.0 cm³/mol. The molecule has 0 aliphatic heterocycles. The minimum Gasteiger partial charge on any atom is -0.452 e. The number of pyridine rings is 1. The lowest BCUT2D eigenvalue weighted by Crippen LogP contribution is -2.08. The number of ether oxygens (including phenoxy) is 1. The molecule has 0 radical (unpaired) electrons. The third-order valence-electron chi connectivity index (χ3n) is 3.51. The van der Waals surface area contributed by atoms with Crippen LogP contribution in [0.15, 0.2) is 28.8 Å². The average molecular weight is 346 g/mol. The van der Waals surface area contributed by atoms with Gasteiger partial charge in [-0.3, -0.25) is 4.98 Å². The zero-order chi connectivity index (χ0) is 17.3. The third kappa shape index (κ3) is 3.38. The molecule has 0 N–H and O–H groups in total. The first-order valence-corrected chi connectivity index (χ1v) is 7.88. The fourth-order valence-corrected chi connectivity index (χ4v) is 2.40. The molecule has 6 nitrogen and oxygen atoms in total. The van der Waals surface area contributed by atoms with E-state index >= 15 is 0 Å². The van der Waals surface area contributed by atoms with Crippen molar-refractivity contribution < 1.29 is 14.1 Å². The summed E-state index contributed by atoms with van der Waals surface area (Å²) in [7, 11) is 0. The summed E-state index contributed by atoms with van der Waals surface area (Å²) in [5.74, 6) is 0.502. The number of benzene rings is 1. The Hall–Kier alpha value is -2.47. The van der Waals surface area contributed by atoms with Crippen molar-refractivity contribution in [2.24, 2.45) is 0 Å². The van der Waals surface area contributed by atoms with Gasteiger partial charge in [-0.1, -0.05) is 30.6 Å². The Morgan fingerprint density at radius 1 is 1.29 bits per heavy atom. The van der Waals surface area contributed by atoms with Crippen LogP contribution in [0.5, 0.6) is 0 Å². The molecule has 0 amide bonds. The van der Waals surface area contributed by atoms with E-state index in [-0.39, 0.29) is 18.4 Å². The van der Waals surface area contributed by atoms with Crippen LogP contribution in [0.2, 0.25) is 5.02 Å². The van der Waals surface area contributed by atoms with Gasteiger partial charge in [-0.15, -0.1) is 0 Å². The van der Waals surface area contributed by atoms with E-state index in [9.17, 15) is 4.79 Å². The Bertz CT molecular complexity index is 905. The molecule has 124 valence electrons. The first-order valence-electron chi connectivity index (χ1n) is 7.50. The van der Waals surface area contributed by atoms with E-state index in [1.807, 2.05) is 19.9 Å². The summed E-state index contributed by atoms with van der Waals surface area (Å²) in [5, 5.41) is 5.19. The van der Waals surface area contributed by atoms with Crippen LogP contribution in [0.25, 0.3) is 10.9 Å². The molecular formula is C17H16ClN3O3. The van der Waals surface area contributed by atoms with Crippen LogP contribution in [-0.2, 0) is 11.3 Å². The van der Waals surface area contributed by atoms with Crippen LogP contribution in [0, 0.1) is 6.92 Å². The van der Waals surface area contributed by atoms with Crippen molar-refractivity contribution in [1.29, 1.82) is 0 Å². The number of hydrogen-bond donors (Lipinski definition) is 0. The standard InChI is InChI=1S/C17H16ClN3O3/c1-9(2)16-20-15(24-21-16)8-23-17(22)13-7-11-6-12(18)4-5-14(11)19-10(13)3/h4-7,9H,8H2,1-3H3. The highest BCUT2D eigenvalue weighted by Crippen LogP contribution is 2.21. The van der Waals surface area contributed by atoms with Crippen LogP contribution in [0.3, 0.4) is 0 Å². The largest absolute Gasteiger partial charge is 0.452 e. The summed E-state index contributed by atoms with van der Waals surface area (Å²) < 4.78 is 10.3. The van der Waals surface area contributed by atoms with E-state index in [1.54, 1.807) is 25.1 Å². The first-order chi connectivity index (χ1) is 11.4. The Labute approximate surface area is 143 Å². The summed E-state index contributed by atoms with van der Waals surface area (Å²) >= 11 is 5.99. The molecule has 1 aromatic carbocycles. The lowest BCUT2D eigenvalue weighted by Gasteiger charge is -2.07. The second kappa shape index (κ2) is 6.57. The highest BCUT2D eigenvalue weighted by molar-refractivity contribution is 6.31. The maximum Gasteiger partial charge on any atom is 0.340 e. The molecule has 24 heavy (non-hydrogen) atoms. The molecular weight excluding hydrogens is 330 g/mol. The Kier molecular flexibility index (Phi) is 4.49. The minimum atomic E-state index is -0.494. The Balaban J connectivity index is 1.78. The van der Waals surface area contributed by atoms with Crippen molar-refractivity contribution in [1.82, 2.24) is 15.1 Å². The molecule has 0 saturated carbocycles. The van der Waals surface area contributed by atoms with Crippen LogP contribution in [-0.4, -0.2) is 21.1 Å². The van der Waals surface area contributed by atoms with E-state index in [2.05, 4.69) is 15.1 Å². The van der Waals surface area contributed by atoms with Gasteiger partial charge in [0.2, 0.25) is 0 Å². The van der Waals surface area contributed by atoms with E-state index in [4.69, 9.17) is 20.9 Å². The number of fused-ring (bicyclic) bond motifs is 1. The van der Waals surface area contributed by atoms with Crippen molar-refractivity contribution in [2.75, 3.05) is 0 Å². The van der Waals surface area contributed by atoms with Gasteiger partial charge in [0.15, 0.2) is 12.4 Å². The monoisotopic (exact) mass is 345 g/mol. The molecule has 3 rings (SSSR count). The molecule has 0 unspecified atom stereocenters. The van der Waals surface area contributed by atoms with Gasteiger partial charge in [-0.2, -0.15) is 4.98 Å². The number of esters is 1. The molecule has 0 fully saturated rings. The Morgan fingerprint density at radius 2 is 2.08 bits per heavy atom. The van der Waals surface area contributed by atoms with E-state index in [0.717, 1.165) is 10.9 Å². The van der Waals surface area contributed by atoms with E-state index < -0.39 is 5.97 Å². The number of halogens is 1. The summed E-state index contributed by atoms with van der Waals surface area (Å²) in [4.78, 5) is 20.9. The van der Waals surface area contributed by atoms with E-state index in [0.29, 0.717) is 22.1 Å². The zero-order valence-corrected chi connectivity index (χ0v) is 14.3. The number of aryl methyl sites for hydroxylation is 1. The molecule has 3 aromatic rings. The number of aromatic nitrogens is 3. The molecule has 0 saturated heterocycles. The van der Waals surface area contributed by atoms with Crippen molar-refractivity contribution in [3.8, 4) is 0 Å². The lowest BCUT2D eigenvalue weighted by molar-refractivity contribution is 0.0428. The molecule has 0 aliphatic carbocycles. The SMILES string of the molecule is Cc1nc2ccc(Cl)cc2cc1C(=O)OCc1nc(C(C)C)no1. The van der Waals surface area contributed by atoms with Crippen LogP contribution < -0.4 is 0 Å². The van der Waals surface area contributed by atoms with E-state index in [1.165, 1.54) is 0 Å². The average Bonchev–Trinajstić information content (AvgIpc) is 3.01. The second-order valence-corrected chi connectivity index (χ2v) is 6.17. The van der Waals surface area contributed by atoms with Gasteiger partial charge in [0.25, 0.3) is 5.89 Å². The zero-order valence-electron chi connectivity index (χ0n) is 13.5. The molecule has 7 heteroatoms. The molecule has 0 spiro atoms. The van der Waals surface area contributed by atoms with Crippen molar-refractivity contribution >= 4 is 28.5 Å². The quantitative estimate of drug-likeness (QED) is 0.663. The molecule has 0 bridgehead atoms. The minimum absolute atomic E-state index is 0.0778. The third-order valence-corrected chi connectivity index (χ3v) is 3.75. The number of carbonyl (C=O) groups excluding carboxylic acids is 1. The van der Waals surface area contributed by atoms with Crippen molar-refractivity contribution in [3.63, 3.8) is 0 Å². The first kappa shape index (κ1) is 16.4. The summed E-state index contributed by atoms with van der Waals surface area (Å²) in [6.45, 7) is 5.59. The molecule has 2 aromatic heterocycles. The number of rotatable bonds is 4. The van der Waals surface area contributed by atoms with Gasteiger partial charge >= 0.3 is 5.97 Å². The van der Waals surface area contributed by atoms with Gasteiger partial charge in [-0.25, -0.2) is 4.79 Å². The highest BCUT2D eigenvalue weighted by atomic mass is 35.5. The van der Waals surface area contributed by atoms with Crippen LogP contribution >= 0.6 is 11.6 Å². The topological polar surface area (TPSA) is 78.1 Å². The predicted octanol–water partition coefficient (Wildman–Crippen LogP) is 4.06. The number of hydrogen-bond acceptors (Lipinski definition) is 6. The number of nitrogens with zero attached hydrogens (tertiary/aromatic N) is 3. The Morgan fingerprint density at radius 3 is 2.79 bits per heavy atom. The summed E-state index contributed by atoms with van der Waals surface area (Å²) in [6.07, 6.45) is 0. The highest BCUT2D eigenvalue weighted by Gasteiger charge is 2.16. The smallest absolute Gasteiger partial charge is 0.340 e. The second-order valence-electron chi connectivity index (χ2n) is 5.74. The molecule has 0 aliphatic rings. The van der Waals surface area contributed by atoms with Gasteiger partial charge < -0.3 is 9.26 Å². The molecule has 2 heterocycles. The van der Waals surface area contributed by atoms with Gasteiger partial charge in [0, 0.05) is 16.3 Å². The fourth-order valence-electron chi connectivity index (χ4n) is 2.22. The van der Waals surface area contributed by atoms with Gasteiger partial charge in [-0.05, 0) is 31.2 Å². The van der Waals surface area contributed by atoms with Gasteiger partial charge in [0.1, 0.15) is 0 Å². The normalized spacial score (nSPS) is 11.2. The summed E-state index contributed by atoms with van der Waals surface area (Å²) in [5.41, 5.74) is 1.74. The van der Waals surface area contributed by atoms with Crippen molar-refractivity contribution in [3.05, 3.63) is 52.3 Å². The van der Waals surface area contributed by atoms with Gasteiger partial charge in [0.05, 0.1) is 16.8 Å². The maximum atomic E-state index is 12.3. The lowest BCUT2D eigenvalue weighted by atomic mass is 10.1.